The largest absolute Gasteiger partial charge is 0.504 e. The molecule has 0 radical (unpaired) electrons. The van der Waals surface area contributed by atoms with Crippen LogP contribution in [0.1, 0.15) is 72.8 Å². The first-order chi connectivity index (χ1) is 15.6. The van der Waals surface area contributed by atoms with E-state index in [0.29, 0.717) is 31.9 Å². The Hall–Kier alpha value is -2.32. The summed E-state index contributed by atoms with van der Waals surface area (Å²) in [6.45, 7) is 13.3. The Balaban J connectivity index is 0. The van der Waals surface area contributed by atoms with Crippen molar-refractivity contribution in [2.24, 2.45) is 5.92 Å². The SMILES string of the molecule is CC.CC(C)CCOC(C)(C)COC(=O)CCCC(=O)NCCc1ccc(O)c(O)c1.CO. The third-order valence-corrected chi connectivity index (χ3v) is 4.33. The van der Waals surface area contributed by atoms with Crippen LogP contribution in [-0.2, 0) is 25.5 Å². The van der Waals surface area contributed by atoms with Gasteiger partial charge in [-0.1, -0.05) is 33.8 Å². The summed E-state index contributed by atoms with van der Waals surface area (Å²) in [6.07, 6.45) is 2.33. The van der Waals surface area contributed by atoms with Crippen LogP contribution in [0, 0.1) is 5.92 Å². The van der Waals surface area contributed by atoms with Crippen molar-refractivity contribution >= 4 is 11.9 Å². The Bertz CT molecular complexity index is 660. The van der Waals surface area contributed by atoms with Gasteiger partial charge in [0.1, 0.15) is 6.61 Å². The average Bonchev–Trinajstić information content (AvgIpc) is 2.77. The molecule has 0 unspecified atom stereocenters. The van der Waals surface area contributed by atoms with Crippen molar-refractivity contribution in [3.05, 3.63) is 23.8 Å². The molecule has 0 fully saturated rings. The van der Waals surface area contributed by atoms with E-state index in [1.165, 1.54) is 12.1 Å². The van der Waals surface area contributed by atoms with Gasteiger partial charge in [-0.05, 0) is 56.7 Å². The normalized spacial score (nSPS) is 10.5. The molecule has 1 aromatic rings. The summed E-state index contributed by atoms with van der Waals surface area (Å²) in [5, 5.41) is 28.5. The number of nitrogens with one attached hydrogen (secondary N) is 1. The highest BCUT2D eigenvalue weighted by molar-refractivity contribution is 5.77. The molecule has 0 saturated heterocycles. The minimum Gasteiger partial charge on any atom is -0.504 e. The number of ether oxygens (including phenoxy) is 2. The lowest BCUT2D eigenvalue weighted by atomic mass is 10.1. The number of carbonyl (C=O) groups is 2. The quantitative estimate of drug-likeness (QED) is 0.254. The van der Waals surface area contributed by atoms with E-state index < -0.39 is 5.60 Å². The number of aliphatic hydroxyl groups excluding tert-OH is 1. The molecule has 0 bridgehead atoms. The Kier molecular flexibility index (Phi) is 19.1. The van der Waals surface area contributed by atoms with Crippen molar-refractivity contribution < 1.29 is 34.4 Å². The van der Waals surface area contributed by atoms with E-state index in [9.17, 15) is 19.8 Å². The zero-order valence-corrected chi connectivity index (χ0v) is 21.4. The maximum absolute atomic E-state index is 11.9. The predicted molar refractivity (Wildman–Crippen MR) is 130 cm³/mol. The molecule has 8 heteroatoms. The monoisotopic (exact) mass is 471 g/mol. The van der Waals surface area contributed by atoms with Crippen molar-refractivity contribution in [1.82, 2.24) is 5.32 Å². The number of amides is 1. The van der Waals surface area contributed by atoms with Crippen molar-refractivity contribution in [2.45, 2.75) is 79.2 Å². The third kappa shape index (κ3) is 17.9. The summed E-state index contributed by atoms with van der Waals surface area (Å²) in [4.78, 5) is 23.7. The van der Waals surface area contributed by atoms with E-state index in [4.69, 9.17) is 14.6 Å². The molecular weight excluding hydrogens is 426 g/mol. The highest BCUT2D eigenvalue weighted by Gasteiger charge is 2.21. The first-order valence-corrected chi connectivity index (χ1v) is 11.6. The molecular formula is C25H45NO7. The van der Waals surface area contributed by atoms with Gasteiger partial charge in [0, 0.05) is 33.1 Å². The number of rotatable bonds is 13. The second kappa shape index (κ2) is 19.2. The van der Waals surface area contributed by atoms with Crippen molar-refractivity contribution in [2.75, 3.05) is 26.9 Å². The fourth-order valence-electron chi connectivity index (χ4n) is 2.49. The van der Waals surface area contributed by atoms with Gasteiger partial charge in [0.25, 0.3) is 0 Å². The number of esters is 1. The third-order valence-electron chi connectivity index (χ3n) is 4.33. The van der Waals surface area contributed by atoms with Crippen LogP contribution >= 0.6 is 0 Å². The molecule has 0 heterocycles. The maximum Gasteiger partial charge on any atom is 0.305 e. The molecule has 8 nitrogen and oxygen atoms in total. The maximum atomic E-state index is 11.9. The predicted octanol–water partition coefficient (Wildman–Crippen LogP) is 3.95. The Morgan fingerprint density at radius 2 is 1.70 bits per heavy atom. The van der Waals surface area contributed by atoms with Gasteiger partial charge < -0.3 is 30.1 Å². The van der Waals surface area contributed by atoms with Crippen LogP contribution in [0.4, 0.5) is 0 Å². The topological polar surface area (TPSA) is 125 Å². The van der Waals surface area contributed by atoms with Gasteiger partial charge in [-0.25, -0.2) is 0 Å². The van der Waals surface area contributed by atoms with E-state index in [1.54, 1.807) is 6.07 Å². The van der Waals surface area contributed by atoms with Gasteiger partial charge in [0.05, 0.1) is 5.60 Å². The highest BCUT2D eigenvalue weighted by Crippen LogP contribution is 2.24. The Morgan fingerprint density at radius 1 is 1.06 bits per heavy atom. The fourth-order valence-corrected chi connectivity index (χ4v) is 2.49. The summed E-state index contributed by atoms with van der Waals surface area (Å²) in [7, 11) is 1.00. The van der Waals surface area contributed by atoms with E-state index >= 15 is 0 Å². The number of aliphatic hydroxyl groups is 1. The van der Waals surface area contributed by atoms with Crippen LogP contribution in [0.15, 0.2) is 18.2 Å². The van der Waals surface area contributed by atoms with Crippen molar-refractivity contribution in [3.63, 3.8) is 0 Å². The zero-order chi connectivity index (χ0) is 25.9. The number of carbonyl (C=O) groups excluding carboxylic acids is 2. The molecule has 4 N–H and O–H groups in total. The summed E-state index contributed by atoms with van der Waals surface area (Å²) in [6, 6.07) is 4.56. The minimum absolute atomic E-state index is 0.141. The van der Waals surface area contributed by atoms with Gasteiger partial charge in [0.15, 0.2) is 11.5 Å². The van der Waals surface area contributed by atoms with E-state index in [1.807, 2.05) is 27.7 Å². The highest BCUT2D eigenvalue weighted by atomic mass is 16.6. The molecule has 33 heavy (non-hydrogen) atoms. The van der Waals surface area contributed by atoms with Crippen LogP contribution in [0.2, 0.25) is 0 Å². The molecule has 0 spiro atoms. The molecule has 192 valence electrons. The molecule has 0 aliphatic rings. The van der Waals surface area contributed by atoms with Gasteiger partial charge in [-0.3, -0.25) is 9.59 Å². The number of hydrogen-bond acceptors (Lipinski definition) is 7. The molecule has 1 amide bonds. The summed E-state index contributed by atoms with van der Waals surface area (Å²) in [5.41, 5.74) is 0.285. The van der Waals surface area contributed by atoms with Crippen molar-refractivity contribution in [1.29, 1.82) is 0 Å². The fraction of sp³-hybridized carbons (Fsp3) is 0.680. The van der Waals surface area contributed by atoms with E-state index in [0.717, 1.165) is 19.1 Å². The molecule has 0 saturated carbocycles. The lowest BCUT2D eigenvalue weighted by Gasteiger charge is -2.25. The first-order valence-electron chi connectivity index (χ1n) is 11.6. The Morgan fingerprint density at radius 3 is 2.27 bits per heavy atom. The zero-order valence-electron chi connectivity index (χ0n) is 21.4. The van der Waals surface area contributed by atoms with Crippen LogP contribution in [0.25, 0.3) is 0 Å². The van der Waals surface area contributed by atoms with Crippen LogP contribution < -0.4 is 5.32 Å². The molecule has 1 aromatic carbocycles. The molecule has 0 aliphatic carbocycles. The first kappa shape index (κ1) is 32.9. The Labute approximate surface area is 199 Å². The molecule has 0 aliphatic heterocycles. The number of phenols is 2. The van der Waals surface area contributed by atoms with Gasteiger partial charge >= 0.3 is 5.97 Å². The second-order valence-corrected chi connectivity index (χ2v) is 8.23. The van der Waals surface area contributed by atoms with Crippen LogP contribution in [0.3, 0.4) is 0 Å². The number of hydrogen-bond donors (Lipinski definition) is 4. The average molecular weight is 472 g/mol. The standard InChI is InChI=1S/C22H35NO6.C2H6.CH4O/c1-16(2)11-13-29-22(3,4)15-28-21(27)7-5-6-20(26)23-12-10-17-8-9-18(24)19(25)14-17;2*1-2/h8-9,14,16,24-25H,5-7,10-13,15H2,1-4H3,(H,23,26);1-2H3;2H,1H3. The smallest absolute Gasteiger partial charge is 0.305 e. The number of phenolic OH excluding ortho intramolecular Hbond substituents is 2. The summed E-state index contributed by atoms with van der Waals surface area (Å²) < 4.78 is 11.0. The number of aromatic hydroxyl groups is 2. The van der Waals surface area contributed by atoms with Crippen LogP contribution in [0.5, 0.6) is 11.5 Å². The van der Waals surface area contributed by atoms with Crippen LogP contribution in [-0.4, -0.2) is 59.7 Å². The lowest BCUT2D eigenvalue weighted by molar-refractivity contribution is -0.153. The van der Waals surface area contributed by atoms with E-state index in [2.05, 4.69) is 19.2 Å². The minimum atomic E-state index is -0.523. The summed E-state index contributed by atoms with van der Waals surface area (Å²) >= 11 is 0. The molecule has 0 aromatic heterocycles. The van der Waals surface area contributed by atoms with Gasteiger partial charge in [0.2, 0.25) is 5.91 Å². The van der Waals surface area contributed by atoms with Crippen molar-refractivity contribution in [3.8, 4) is 11.5 Å². The molecule has 0 atom stereocenters. The summed E-state index contributed by atoms with van der Waals surface area (Å²) in [5.74, 6) is -0.264. The van der Waals surface area contributed by atoms with Gasteiger partial charge in [-0.15, -0.1) is 0 Å². The second-order valence-electron chi connectivity index (χ2n) is 8.23. The number of benzene rings is 1. The molecule has 1 rings (SSSR count). The van der Waals surface area contributed by atoms with Gasteiger partial charge in [-0.2, -0.15) is 0 Å². The van der Waals surface area contributed by atoms with E-state index in [-0.39, 0.29) is 42.8 Å². The lowest BCUT2D eigenvalue weighted by Crippen LogP contribution is -2.32.